The maximum Gasteiger partial charge on any atom is 0.242 e. The van der Waals surface area contributed by atoms with Crippen molar-refractivity contribution in [3.63, 3.8) is 0 Å². The molecule has 1 aromatic rings. The molecular weight excluding hydrogens is 286 g/mol. The molecule has 0 radical (unpaired) electrons. The van der Waals surface area contributed by atoms with Crippen molar-refractivity contribution in [2.45, 2.75) is 70.0 Å². The molecule has 1 fully saturated rings. The monoisotopic (exact) mass is 313 g/mol. The van der Waals surface area contributed by atoms with E-state index in [-0.39, 0.29) is 6.04 Å². The SMILES string of the molecule is CCCn1cc(S(=O)(=O)NC(CC)CC2CC2)cc1CN. The molecule has 1 aromatic heterocycles. The normalized spacial score (nSPS) is 17.1. The van der Waals surface area contributed by atoms with E-state index in [0.29, 0.717) is 17.4 Å². The first-order valence-corrected chi connectivity index (χ1v) is 9.39. The summed E-state index contributed by atoms with van der Waals surface area (Å²) in [7, 11) is -3.45. The van der Waals surface area contributed by atoms with Crippen molar-refractivity contribution in [2.75, 3.05) is 0 Å². The van der Waals surface area contributed by atoms with E-state index in [4.69, 9.17) is 5.73 Å². The summed E-state index contributed by atoms with van der Waals surface area (Å²) in [6, 6.07) is 1.74. The van der Waals surface area contributed by atoms with Crippen LogP contribution in [0.25, 0.3) is 0 Å². The molecule has 3 N–H and O–H groups in total. The zero-order valence-corrected chi connectivity index (χ0v) is 13.8. The van der Waals surface area contributed by atoms with Crippen molar-refractivity contribution < 1.29 is 8.42 Å². The zero-order chi connectivity index (χ0) is 15.5. The van der Waals surface area contributed by atoms with Crippen LogP contribution in [0.3, 0.4) is 0 Å². The molecule has 0 amide bonds. The molecule has 1 saturated carbocycles. The highest BCUT2D eigenvalue weighted by Crippen LogP contribution is 2.34. The molecule has 1 heterocycles. The van der Waals surface area contributed by atoms with E-state index in [1.54, 1.807) is 12.3 Å². The summed E-state index contributed by atoms with van der Waals surface area (Å²) >= 11 is 0. The van der Waals surface area contributed by atoms with E-state index >= 15 is 0 Å². The molecule has 1 atom stereocenters. The maximum absolute atomic E-state index is 12.5. The molecule has 0 spiro atoms. The van der Waals surface area contributed by atoms with Gasteiger partial charge in [0.25, 0.3) is 0 Å². The number of rotatable bonds is 9. The molecule has 120 valence electrons. The fraction of sp³-hybridized carbons (Fsp3) is 0.733. The molecule has 1 unspecified atom stereocenters. The highest BCUT2D eigenvalue weighted by molar-refractivity contribution is 7.89. The molecule has 21 heavy (non-hydrogen) atoms. The lowest BCUT2D eigenvalue weighted by Crippen LogP contribution is -2.34. The van der Waals surface area contributed by atoms with Crippen LogP contribution in [0.1, 0.15) is 51.6 Å². The average Bonchev–Trinajstić information content (AvgIpc) is 3.16. The Morgan fingerprint density at radius 1 is 1.43 bits per heavy atom. The van der Waals surface area contributed by atoms with E-state index < -0.39 is 10.0 Å². The second-order valence-corrected chi connectivity index (χ2v) is 7.68. The summed E-state index contributed by atoms with van der Waals surface area (Å²) in [6.45, 7) is 5.24. The van der Waals surface area contributed by atoms with Crippen LogP contribution >= 0.6 is 0 Å². The maximum atomic E-state index is 12.5. The second kappa shape index (κ2) is 6.94. The third kappa shape index (κ3) is 4.31. The lowest BCUT2D eigenvalue weighted by molar-refractivity contribution is 0.495. The van der Waals surface area contributed by atoms with E-state index in [2.05, 4.69) is 11.6 Å². The van der Waals surface area contributed by atoms with Gasteiger partial charge in [-0.25, -0.2) is 13.1 Å². The number of sulfonamides is 1. The Kier molecular flexibility index (Phi) is 5.46. The van der Waals surface area contributed by atoms with Crippen LogP contribution < -0.4 is 10.5 Å². The predicted octanol–water partition coefficient (Wildman–Crippen LogP) is 2.21. The summed E-state index contributed by atoms with van der Waals surface area (Å²) in [6.07, 6.45) is 6.92. The van der Waals surface area contributed by atoms with Crippen LogP contribution in [0.15, 0.2) is 17.2 Å². The quantitative estimate of drug-likeness (QED) is 0.734. The fourth-order valence-corrected chi connectivity index (χ4v) is 4.03. The minimum absolute atomic E-state index is 0.0401. The minimum atomic E-state index is -3.45. The van der Waals surface area contributed by atoms with E-state index in [0.717, 1.165) is 31.5 Å². The van der Waals surface area contributed by atoms with Gasteiger partial charge in [-0.15, -0.1) is 0 Å². The van der Waals surface area contributed by atoms with E-state index in [1.165, 1.54) is 12.8 Å². The lowest BCUT2D eigenvalue weighted by Gasteiger charge is -2.16. The number of aromatic nitrogens is 1. The molecule has 0 aromatic carbocycles. The Balaban J connectivity index is 2.13. The first kappa shape index (κ1) is 16.5. The molecule has 6 heteroatoms. The van der Waals surface area contributed by atoms with Gasteiger partial charge in [-0.3, -0.25) is 0 Å². The van der Waals surface area contributed by atoms with Gasteiger partial charge in [0.1, 0.15) is 0 Å². The molecular formula is C15H27N3O2S. The van der Waals surface area contributed by atoms with Crippen molar-refractivity contribution in [1.82, 2.24) is 9.29 Å². The number of nitrogens with one attached hydrogen (secondary N) is 1. The van der Waals surface area contributed by atoms with E-state index in [9.17, 15) is 8.42 Å². The lowest BCUT2D eigenvalue weighted by atomic mass is 10.1. The van der Waals surface area contributed by atoms with Gasteiger partial charge in [0.15, 0.2) is 0 Å². The summed E-state index contributed by atoms with van der Waals surface area (Å²) in [5.74, 6) is 0.710. The third-order valence-electron chi connectivity index (χ3n) is 4.07. The van der Waals surface area contributed by atoms with Gasteiger partial charge in [0.2, 0.25) is 10.0 Å². The smallest absolute Gasteiger partial charge is 0.242 e. The molecule has 5 nitrogen and oxygen atoms in total. The van der Waals surface area contributed by atoms with Crippen molar-refractivity contribution in [1.29, 1.82) is 0 Å². The average molecular weight is 313 g/mol. The van der Waals surface area contributed by atoms with Crippen LogP contribution in [0.2, 0.25) is 0 Å². The van der Waals surface area contributed by atoms with Gasteiger partial charge >= 0.3 is 0 Å². The Hall–Kier alpha value is -0.850. The van der Waals surface area contributed by atoms with Crippen molar-refractivity contribution in [3.8, 4) is 0 Å². The topological polar surface area (TPSA) is 77.1 Å². The molecule has 1 aliphatic rings. The molecule has 0 bridgehead atoms. The Labute approximate surface area is 128 Å². The van der Waals surface area contributed by atoms with Gasteiger partial charge in [0, 0.05) is 31.0 Å². The number of aryl methyl sites for hydroxylation is 1. The summed E-state index contributed by atoms with van der Waals surface area (Å²) in [4.78, 5) is 0.339. The number of nitrogens with zero attached hydrogens (tertiary/aromatic N) is 1. The Morgan fingerprint density at radius 2 is 2.14 bits per heavy atom. The van der Waals surface area contributed by atoms with Crippen molar-refractivity contribution in [3.05, 3.63) is 18.0 Å². The van der Waals surface area contributed by atoms with Crippen molar-refractivity contribution in [2.24, 2.45) is 11.7 Å². The number of hydrogen-bond acceptors (Lipinski definition) is 3. The number of hydrogen-bond donors (Lipinski definition) is 2. The molecule has 0 aliphatic heterocycles. The standard InChI is InChI=1S/C15H27N3O2S/c1-3-7-18-11-15(9-14(18)10-16)21(19,20)17-13(4-2)8-12-5-6-12/h9,11-13,17H,3-8,10,16H2,1-2H3. The largest absolute Gasteiger partial charge is 0.349 e. The van der Waals surface area contributed by atoms with Crippen LogP contribution in [0, 0.1) is 5.92 Å². The first-order valence-electron chi connectivity index (χ1n) is 7.91. The summed E-state index contributed by atoms with van der Waals surface area (Å²) < 4.78 is 29.8. The highest BCUT2D eigenvalue weighted by Gasteiger charge is 2.28. The summed E-state index contributed by atoms with van der Waals surface area (Å²) in [5, 5.41) is 0. The molecule has 0 saturated heterocycles. The van der Waals surface area contributed by atoms with Gasteiger partial charge in [-0.05, 0) is 31.2 Å². The minimum Gasteiger partial charge on any atom is -0.349 e. The van der Waals surface area contributed by atoms with Gasteiger partial charge < -0.3 is 10.3 Å². The fourth-order valence-electron chi connectivity index (χ4n) is 2.63. The van der Waals surface area contributed by atoms with E-state index in [1.807, 2.05) is 11.5 Å². The van der Waals surface area contributed by atoms with Crippen LogP contribution in [-0.4, -0.2) is 19.0 Å². The zero-order valence-electron chi connectivity index (χ0n) is 13.0. The molecule has 2 rings (SSSR count). The van der Waals surface area contributed by atoms with Crippen LogP contribution in [0.4, 0.5) is 0 Å². The Bertz CT molecular complexity index is 561. The van der Waals surface area contributed by atoms with Gasteiger partial charge in [-0.1, -0.05) is 26.7 Å². The van der Waals surface area contributed by atoms with Crippen molar-refractivity contribution >= 4 is 10.0 Å². The predicted molar refractivity (Wildman–Crippen MR) is 84.4 cm³/mol. The Morgan fingerprint density at radius 3 is 2.67 bits per heavy atom. The third-order valence-corrected chi connectivity index (χ3v) is 5.56. The van der Waals surface area contributed by atoms with Crippen LogP contribution in [0.5, 0.6) is 0 Å². The number of nitrogens with two attached hydrogens (primary N) is 1. The first-order chi connectivity index (χ1) is 10.00. The molecule has 1 aliphatic carbocycles. The highest BCUT2D eigenvalue weighted by atomic mass is 32.2. The summed E-state index contributed by atoms with van der Waals surface area (Å²) in [5.41, 5.74) is 6.57. The van der Waals surface area contributed by atoms with Crippen LogP contribution in [-0.2, 0) is 23.1 Å². The second-order valence-electron chi connectivity index (χ2n) is 5.97. The van der Waals surface area contributed by atoms with Gasteiger partial charge in [0.05, 0.1) is 4.90 Å². The van der Waals surface area contributed by atoms with Gasteiger partial charge in [-0.2, -0.15) is 0 Å².